The monoisotopic (exact) mass is 623 g/mol. The van der Waals surface area contributed by atoms with Gasteiger partial charge in [-0.3, -0.25) is 14.4 Å². The summed E-state index contributed by atoms with van der Waals surface area (Å²) in [5.41, 5.74) is 0.218. The van der Waals surface area contributed by atoms with E-state index < -0.39 is 17.7 Å². The topological polar surface area (TPSA) is 88.0 Å². The van der Waals surface area contributed by atoms with Crippen molar-refractivity contribution in [2.24, 2.45) is 24.8 Å². The minimum Gasteiger partial charge on any atom is -0.497 e. The molecule has 2 aromatic rings. The second-order valence-corrected chi connectivity index (χ2v) is 12.8. The molecule has 4 atom stereocenters. The molecule has 0 radical (unpaired) electrons. The van der Waals surface area contributed by atoms with Crippen LogP contribution >= 0.6 is 11.6 Å². The van der Waals surface area contributed by atoms with Gasteiger partial charge in [-0.1, -0.05) is 29.8 Å². The van der Waals surface area contributed by atoms with Crippen molar-refractivity contribution >= 4 is 29.2 Å². The Hall–Kier alpha value is -3.66. The van der Waals surface area contributed by atoms with Crippen LogP contribution in [0.15, 0.2) is 58.4 Å². The number of rotatable bonds is 6. The van der Waals surface area contributed by atoms with Crippen LogP contribution in [0.3, 0.4) is 0 Å². The number of ether oxygens (including phenoxy) is 1. The number of nitrogens with zero attached hydrogens (tertiary/aromatic N) is 5. The summed E-state index contributed by atoms with van der Waals surface area (Å²) in [6, 6.07) is 7.93. The van der Waals surface area contributed by atoms with Gasteiger partial charge in [-0.05, 0) is 55.9 Å². The summed E-state index contributed by atoms with van der Waals surface area (Å²) in [4.78, 5) is 45.7. The molecule has 3 fully saturated rings. The van der Waals surface area contributed by atoms with E-state index in [-0.39, 0.29) is 35.3 Å². The Morgan fingerprint density at radius 3 is 2.55 bits per heavy atom. The molecule has 234 valence electrons. The van der Waals surface area contributed by atoms with Crippen molar-refractivity contribution in [2.45, 2.75) is 44.1 Å². The Balaban J connectivity index is 1.25. The minimum atomic E-state index is -0.534. The van der Waals surface area contributed by atoms with Crippen molar-refractivity contribution in [1.82, 2.24) is 19.6 Å². The highest BCUT2D eigenvalue weighted by Gasteiger charge is 2.44. The van der Waals surface area contributed by atoms with Crippen LogP contribution in [0.4, 0.5) is 10.2 Å². The van der Waals surface area contributed by atoms with Crippen LogP contribution in [0.1, 0.15) is 43.6 Å². The number of carbonyl (C=O) groups is 2. The van der Waals surface area contributed by atoms with Gasteiger partial charge in [0.25, 0.3) is 5.56 Å². The van der Waals surface area contributed by atoms with Gasteiger partial charge in [-0.2, -0.15) is 5.10 Å². The SMILES string of the molecule is COc1ccc([C@@H]2CN(c3ccc(=O)n(C)n3)C[C@H]2C(=O)N2CCC[C@@H](C3C=CC(Cl)=CC3)N(C(=O)C3CC3)CC2)c(F)c1. The third kappa shape index (κ3) is 6.27. The molecule has 1 aromatic heterocycles. The number of halogens is 2. The summed E-state index contributed by atoms with van der Waals surface area (Å²) in [7, 11) is 3.07. The number of amides is 2. The van der Waals surface area contributed by atoms with Gasteiger partial charge < -0.3 is 19.4 Å². The van der Waals surface area contributed by atoms with Gasteiger partial charge in [0.1, 0.15) is 17.4 Å². The molecule has 2 aliphatic carbocycles. The van der Waals surface area contributed by atoms with Gasteiger partial charge in [0.15, 0.2) is 0 Å². The van der Waals surface area contributed by atoms with Crippen LogP contribution in [0, 0.1) is 23.6 Å². The van der Waals surface area contributed by atoms with Gasteiger partial charge in [-0.15, -0.1) is 0 Å². The number of benzene rings is 1. The van der Waals surface area contributed by atoms with E-state index in [1.165, 1.54) is 23.9 Å². The Morgan fingerprint density at radius 2 is 1.86 bits per heavy atom. The van der Waals surface area contributed by atoms with E-state index in [2.05, 4.69) is 11.2 Å². The van der Waals surface area contributed by atoms with Gasteiger partial charge in [0, 0.05) is 80.7 Å². The van der Waals surface area contributed by atoms with Gasteiger partial charge in [0.2, 0.25) is 11.8 Å². The lowest BCUT2D eigenvalue weighted by molar-refractivity contribution is -0.141. The first-order valence-corrected chi connectivity index (χ1v) is 15.9. The first-order valence-electron chi connectivity index (χ1n) is 15.5. The molecule has 11 heteroatoms. The number of methoxy groups -OCH3 is 1. The summed E-state index contributed by atoms with van der Waals surface area (Å²) in [6.07, 6.45) is 10.2. The lowest BCUT2D eigenvalue weighted by Crippen LogP contribution is -2.52. The van der Waals surface area contributed by atoms with E-state index in [4.69, 9.17) is 16.3 Å². The molecule has 0 spiro atoms. The Bertz CT molecular complexity index is 1540. The Morgan fingerprint density at radius 1 is 1.05 bits per heavy atom. The van der Waals surface area contributed by atoms with Crippen LogP contribution in [-0.2, 0) is 16.6 Å². The second-order valence-electron chi connectivity index (χ2n) is 12.3. The fraction of sp³-hybridized carbons (Fsp3) is 0.515. The highest BCUT2D eigenvalue weighted by molar-refractivity contribution is 6.31. The van der Waals surface area contributed by atoms with E-state index in [0.29, 0.717) is 49.9 Å². The van der Waals surface area contributed by atoms with Crippen molar-refractivity contribution in [1.29, 1.82) is 0 Å². The van der Waals surface area contributed by atoms with Gasteiger partial charge in [0.05, 0.1) is 13.0 Å². The van der Waals surface area contributed by atoms with Crippen molar-refractivity contribution in [3.05, 3.63) is 75.3 Å². The van der Waals surface area contributed by atoms with Crippen LogP contribution in [0.2, 0.25) is 0 Å². The van der Waals surface area contributed by atoms with E-state index >= 15 is 4.39 Å². The third-order valence-electron chi connectivity index (χ3n) is 9.56. The molecular formula is C33H39ClFN5O4. The van der Waals surface area contributed by atoms with Crippen LogP contribution < -0.4 is 15.2 Å². The predicted molar refractivity (Wildman–Crippen MR) is 166 cm³/mol. The fourth-order valence-electron chi connectivity index (χ4n) is 6.94. The number of hydrogen-bond acceptors (Lipinski definition) is 6. The van der Waals surface area contributed by atoms with Crippen molar-refractivity contribution in [3.63, 3.8) is 0 Å². The molecule has 2 amide bonds. The minimum absolute atomic E-state index is 0.0536. The highest BCUT2D eigenvalue weighted by Crippen LogP contribution is 2.39. The summed E-state index contributed by atoms with van der Waals surface area (Å²) in [6.45, 7) is 2.17. The maximum absolute atomic E-state index is 15.5. The molecule has 2 aliphatic heterocycles. The van der Waals surface area contributed by atoms with Crippen LogP contribution in [0.25, 0.3) is 0 Å². The molecule has 4 aliphatic rings. The molecule has 3 heterocycles. The van der Waals surface area contributed by atoms with E-state index in [1.807, 2.05) is 26.9 Å². The van der Waals surface area contributed by atoms with Crippen molar-refractivity contribution < 1.29 is 18.7 Å². The number of aryl methyl sites for hydroxylation is 1. The average molecular weight is 624 g/mol. The van der Waals surface area contributed by atoms with E-state index in [9.17, 15) is 14.4 Å². The first kappa shape index (κ1) is 30.4. The van der Waals surface area contributed by atoms with Crippen molar-refractivity contribution in [2.75, 3.05) is 44.7 Å². The molecule has 0 bridgehead atoms. The zero-order valence-corrected chi connectivity index (χ0v) is 26.0. The van der Waals surface area contributed by atoms with Gasteiger partial charge in [-0.25, -0.2) is 9.07 Å². The summed E-state index contributed by atoms with van der Waals surface area (Å²) in [5.74, 6) is -0.0106. The van der Waals surface area contributed by atoms with Crippen LogP contribution in [0.5, 0.6) is 5.75 Å². The quantitative estimate of drug-likeness (QED) is 0.482. The molecule has 1 unspecified atom stereocenters. The van der Waals surface area contributed by atoms with E-state index in [0.717, 1.165) is 37.1 Å². The zero-order valence-electron chi connectivity index (χ0n) is 25.2. The summed E-state index contributed by atoms with van der Waals surface area (Å²) in [5, 5.41) is 5.13. The predicted octanol–water partition coefficient (Wildman–Crippen LogP) is 4.08. The maximum atomic E-state index is 15.5. The lowest BCUT2D eigenvalue weighted by Gasteiger charge is -2.41. The maximum Gasteiger partial charge on any atom is 0.266 e. The first-order chi connectivity index (χ1) is 21.2. The Kier molecular flexibility index (Phi) is 8.80. The molecular weight excluding hydrogens is 585 g/mol. The fourth-order valence-corrected chi connectivity index (χ4v) is 7.10. The summed E-state index contributed by atoms with van der Waals surface area (Å²) < 4.78 is 21.9. The summed E-state index contributed by atoms with van der Waals surface area (Å²) >= 11 is 6.20. The Labute approximate surface area is 261 Å². The lowest BCUT2D eigenvalue weighted by atomic mass is 9.86. The smallest absolute Gasteiger partial charge is 0.266 e. The number of hydrogen-bond donors (Lipinski definition) is 0. The van der Waals surface area contributed by atoms with Gasteiger partial charge >= 0.3 is 0 Å². The highest BCUT2D eigenvalue weighted by atomic mass is 35.5. The average Bonchev–Trinajstić information content (AvgIpc) is 3.77. The van der Waals surface area contributed by atoms with Crippen molar-refractivity contribution in [3.8, 4) is 5.75 Å². The molecule has 1 saturated carbocycles. The zero-order chi connectivity index (χ0) is 31.0. The van der Waals surface area contributed by atoms with Crippen LogP contribution in [-0.4, -0.2) is 77.3 Å². The standard InChI is InChI=1S/C33H39ClFN5O4/c1-37-31(41)14-13-30(36-37)39-19-26(25-12-11-24(44-2)18-28(25)35)27(20-39)33(43)38-15-3-4-29(21-7-9-23(34)10-8-21)40(17-16-38)32(42)22-5-6-22/h7,9-14,18,21-22,26-27,29H,3-6,8,15-17,19-20H2,1-2H3/t21?,26-,27+,29-/m0/s1. The second kappa shape index (κ2) is 12.8. The number of carbonyl (C=O) groups excluding carboxylic acids is 2. The number of anilines is 1. The number of aromatic nitrogens is 2. The largest absolute Gasteiger partial charge is 0.497 e. The number of allylic oxidation sites excluding steroid dienone is 3. The van der Waals surface area contributed by atoms with E-state index in [1.54, 1.807) is 25.2 Å². The molecule has 2 saturated heterocycles. The molecule has 9 nitrogen and oxygen atoms in total. The molecule has 44 heavy (non-hydrogen) atoms. The molecule has 1 aromatic carbocycles. The normalized spacial score (nSPS) is 25.8. The third-order valence-corrected chi connectivity index (χ3v) is 9.84. The molecule has 0 N–H and O–H groups in total. The molecule has 6 rings (SSSR count).